The van der Waals surface area contributed by atoms with Crippen molar-refractivity contribution >= 4 is 11.8 Å². The highest BCUT2D eigenvalue weighted by atomic mass is 16.5. The van der Waals surface area contributed by atoms with Crippen molar-refractivity contribution in [1.29, 1.82) is 0 Å². The molecule has 0 aliphatic heterocycles. The van der Waals surface area contributed by atoms with Crippen LogP contribution in [0.2, 0.25) is 0 Å². The van der Waals surface area contributed by atoms with E-state index in [2.05, 4.69) is 10.6 Å². The van der Waals surface area contributed by atoms with Crippen LogP contribution in [0.4, 0.5) is 0 Å². The first kappa shape index (κ1) is 17.9. The van der Waals surface area contributed by atoms with Crippen molar-refractivity contribution in [2.75, 3.05) is 40.4 Å². The van der Waals surface area contributed by atoms with Gasteiger partial charge in [-0.1, -0.05) is 0 Å². The maximum absolute atomic E-state index is 11.6. The Hall–Kier alpha value is -1.14. The number of carbonyl (C=O) groups is 2. The lowest BCUT2D eigenvalue weighted by Gasteiger charge is -2.21. The number of ether oxygens (including phenoxy) is 1. The molecule has 0 saturated heterocycles. The van der Waals surface area contributed by atoms with E-state index in [4.69, 9.17) is 4.74 Å². The Morgan fingerprint density at radius 2 is 1.84 bits per heavy atom. The van der Waals surface area contributed by atoms with E-state index in [1.54, 1.807) is 7.11 Å². The Balaban J connectivity index is 3.77. The number of hydrogen-bond donors (Lipinski definition) is 2. The molecule has 0 heterocycles. The topological polar surface area (TPSA) is 70.7 Å². The number of methoxy groups -OCH3 is 1. The lowest BCUT2D eigenvalue weighted by atomic mass is 10.1. The molecule has 2 N–H and O–H groups in total. The summed E-state index contributed by atoms with van der Waals surface area (Å²) in [5.74, 6) is -0.327. The molecule has 0 spiro atoms. The molecule has 6 heteroatoms. The third-order valence-corrected chi connectivity index (χ3v) is 2.26. The highest BCUT2D eigenvalue weighted by Gasteiger charge is 2.14. The number of hydrogen-bond acceptors (Lipinski definition) is 4. The number of nitrogens with one attached hydrogen (secondary N) is 2. The minimum atomic E-state index is -0.279. The first-order valence-corrected chi connectivity index (χ1v) is 6.50. The molecule has 112 valence electrons. The highest BCUT2D eigenvalue weighted by molar-refractivity contribution is 5.85. The first-order valence-electron chi connectivity index (χ1n) is 6.50. The van der Waals surface area contributed by atoms with Gasteiger partial charge in [-0.15, -0.1) is 0 Å². The molecule has 0 aromatic rings. The van der Waals surface area contributed by atoms with Gasteiger partial charge in [0.15, 0.2) is 0 Å². The molecule has 0 rings (SSSR count). The Labute approximate surface area is 115 Å². The molecule has 0 fully saturated rings. The zero-order chi connectivity index (χ0) is 14.9. The minimum absolute atomic E-state index is 0.0159. The lowest BCUT2D eigenvalue weighted by Crippen LogP contribution is -2.47. The fourth-order valence-corrected chi connectivity index (χ4v) is 1.50. The van der Waals surface area contributed by atoms with Crippen molar-refractivity contribution in [3.63, 3.8) is 0 Å². The molecule has 0 aromatic heterocycles. The average molecular weight is 273 g/mol. The quantitative estimate of drug-likeness (QED) is 0.610. The summed E-state index contributed by atoms with van der Waals surface area (Å²) in [6, 6.07) is 0. The van der Waals surface area contributed by atoms with Gasteiger partial charge in [0.25, 0.3) is 0 Å². The number of carbonyl (C=O) groups excluding carboxylic acids is 2. The molecule has 0 aliphatic carbocycles. The molecule has 0 aromatic carbocycles. The molecule has 0 atom stereocenters. The smallest absolute Gasteiger partial charge is 0.239 e. The summed E-state index contributed by atoms with van der Waals surface area (Å²) in [6.07, 6.45) is 0.880. The Kier molecular flexibility index (Phi) is 8.34. The van der Waals surface area contributed by atoms with Gasteiger partial charge in [-0.3, -0.25) is 14.5 Å². The summed E-state index contributed by atoms with van der Waals surface area (Å²) in [6.45, 7) is 7.47. The van der Waals surface area contributed by atoms with E-state index in [0.717, 1.165) is 13.0 Å². The van der Waals surface area contributed by atoms with E-state index < -0.39 is 0 Å². The maximum atomic E-state index is 11.6. The highest BCUT2D eigenvalue weighted by Crippen LogP contribution is 1.97. The maximum Gasteiger partial charge on any atom is 0.239 e. The van der Waals surface area contributed by atoms with E-state index in [-0.39, 0.29) is 30.4 Å². The van der Waals surface area contributed by atoms with E-state index in [1.165, 1.54) is 0 Å². The van der Waals surface area contributed by atoms with Gasteiger partial charge >= 0.3 is 0 Å². The SMILES string of the molecule is COCCCN(C)CC(=O)NCC(=O)NC(C)(C)C. The molecule has 0 unspecified atom stereocenters. The molecule has 0 bridgehead atoms. The summed E-state index contributed by atoms with van der Waals surface area (Å²) in [4.78, 5) is 25.0. The second-order valence-corrected chi connectivity index (χ2v) is 5.66. The average Bonchev–Trinajstić information content (AvgIpc) is 2.24. The van der Waals surface area contributed by atoms with Crippen molar-refractivity contribution in [3.05, 3.63) is 0 Å². The molecule has 19 heavy (non-hydrogen) atoms. The van der Waals surface area contributed by atoms with Crippen LogP contribution in [-0.2, 0) is 14.3 Å². The molecular formula is C13H27N3O3. The summed E-state index contributed by atoms with van der Waals surface area (Å²) in [7, 11) is 3.52. The summed E-state index contributed by atoms with van der Waals surface area (Å²) >= 11 is 0. The van der Waals surface area contributed by atoms with E-state index in [9.17, 15) is 9.59 Å². The van der Waals surface area contributed by atoms with Crippen molar-refractivity contribution in [1.82, 2.24) is 15.5 Å². The van der Waals surface area contributed by atoms with Crippen molar-refractivity contribution in [2.24, 2.45) is 0 Å². The lowest BCUT2D eigenvalue weighted by molar-refractivity contribution is -0.127. The third kappa shape index (κ3) is 11.7. The van der Waals surface area contributed by atoms with Crippen LogP contribution in [0.15, 0.2) is 0 Å². The molecule has 0 aliphatic rings. The monoisotopic (exact) mass is 273 g/mol. The predicted octanol–water partition coefficient (Wildman–Crippen LogP) is -0.0144. The number of likely N-dealkylation sites (N-methyl/N-ethyl adjacent to an activating group) is 1. The van der Waals surface area contributed by atoms with E-state index in [1.807, 2.05) is 32.7 Å². The van der Waals surface area contributed by atoms with Gasteiger partial charge < -0.3 is 15.4 Å². The normalized spacial score (nSPS) is 11.5. The molecular weight excluding hydrogens is 246 g/mol. The van der Waals surface area contributed by atoms with E-state index in [0.29, 0.717) is 6.61 Å². The largest absolute Gasteiger partial charge is 0.385 e. The van der Waals surface area contributed by atoms with Gasteiger partial charge in [-0.2, -0.15) is 0 Å². The van der Waals surface area contributed by atoms with Gasteiger partial charge in [0.2, 0.25) is 11.8 Å². The van der Waals surface area contributed by atoms with Crippen LogP contribution < -0.4 is 10.6 Å². The van der Waals surface area contributed by atoms with Crippen LogP contribution in [0, 0.1) is 0 Å². The summed E-state index contributed by atoms with van der Waals surface area (Å²) in [5, 5.41) is 5.39. The predicted molar refractivity (Wildman–Crippen MR) is 74.9 cm³/mol. The van der Waals surface area contributed by atoms with Crippen LogP contribution in [0.5, 0.6) is 0 Å². The summed E-state index contributed by atoms with van der Waals surface area (Å²) < 4.78 is 4.94. The minimum Gasteiger partial charge on any atom is -0.385 e. The molecule has 0 saturated carbocycles. The van der Waals surface area contributed by atoms with Gasteiger partial charge in [0.05, 0.1) is 13.1 Å². The van der Waals surface area contributed by atoms with Crippen LogP contribution in [-0.4, -0.2) is 62.7 Å². The van der Waals surface area contributed by atoms with Crippen molar-refractivity contribution in [3.8, 4) is 0 Å². The van der Waals surface area contributed by atoms with Crippen LogP contribution in [0.1, 0.15) is 27.2 Å². The zero-order valence-electron chi connectivity index (χ0n) is 12.7. The van der Waals surface area contributed by atoms with Crippen LogP contribution in [0.25, 0.3) is 0 Å². The molecule has 6 nitrogen and oxygen atoms in total. The van der Waals surface area contributed by atoms with Gasteiger partial charge in [0.1, 0.15) is 0 Å². The number of nitrogens with zero attached hydrogens (tertiary/aromatic N) is 1. The number of amides is 2. The van der Waals surface area contributed by atoms with Gasteiger partial charge in [-0.05, 0) is 34.2 Å². The molecule has 2 amide bonds. The zero-order valence-corrected chi connectivity index (χ0v) is 12.7. The Morgan fingerprint density at radius 3 is 2.37 bits per heavy atom. The second kappa shape index (κ2) is 8.87. The van der Waals surface area contributed by atoms with Crippen molar-refractivity contribution in [2.45, 2.75) is 32.7 Å². The van der Waals surface area contributed by atoms with Gasteiger partial charge in [-0.25, -0.2) is 0 Å². The molecule has 0 radical (unpaired) electrons. The second-order valence-electron chi connectivity index (χ2n) is 5.66. The Morgan fingerprint density at radius 1 is 1.21 bits per heavy atom. The standard InChI is InChI=1S/C13H27N3O3/c1-13(2,3)15-11(17)9-14-12(18)10-16(4)7-6-8-19-5/h6-10H2,1-5H3,(H,14,18)(H,15,17). The number of rotatable bonds is 8. The van der Waals surface area contributed by atoms with E-state index >= 15 is 0 Å². The van der Waals surface area contributed by atoms with Gasteiger partial charge in [0, 0.05) is 25.8 Å². The van der Waals surface area contributed by atoms with Crippen LogP contribution >= 0.6 is 0 Å². The van der Waals surface area contributed by atoms with Crippen molar-refractivity contribution < 1.29 is 14.3 Å². The first-order chi connectivity index (χ1) is 8.74. The van der Waals surface area contributed by atoms with Crippen LogP contribution in [0.3, 0.4) is 0 Å². The Bertz CT molecular complexity index is 287. The summed E-state index contributed by atoms with van der Waals surface area (Å²) in [5.41, 5.74) is -0.279. The third-order valence-electron chi connectivity index (χ3n) is 2.26. The fourth-order valence-electron chi connectivity index (χ4n) is 1.50. The fraction of sp³-hybridized carbons (Fsp3) is 0.846.